The molecule has 0 fully saturated rings. The number of carbonyl (C=O) groups is 2. The second kappa shape index (κ2) is 13.8. The topological polar surface area (TPSA) is 70.3 Å². The Hall–Kier alpha value is -0.580. The van der Waals surface area contributed by atoms with Crippen molar-refractivity contribution in [2.24, 2.45) is 0 Å². The standard InChI is InChI=1S/C18H28O4.Na/c1-2-3-4-5-6-7-8-9-10-11-15(14-19)16-12-13-17(22-16)18(20)21;/h12-15H,2-11H2,1H3,(H,20,21);/q;+1/p-1. The molecule has 0 aliphatic carbocycles. The molecule has 1 aromatic rings. The second-order valence-corrected chi connectivity index (χ2v) is 5.85. The van der Waals surface area contributed by atoms with Gasteiger partial charge in [-0.3, -0.25) is 0 Å². The van der Waals surface area contributed by atoms with E-state index in [4.69, 9.17) is 4.42 Å². The van der Waals surface area contributed by atoms with E-state index >= 15 is 0 Å². The number of aromatic carboxylic acids is 1. The molecule has 0 spiro atoms. The third kappa shape index (κ3) is 9.33. The van der Waals surface area contributed by atoms with Crippen LogP contribution < -0.4 is 34.7 Å². The molecule has 0 saturated heterocycles. The predicted octanol–water partition coefficient (Wildman–Crippen LogP) is 0.851. The van der Waals surface area contributed by atoms with Crippen molar-refractivity contribution >= 4 is 12.3 Å². The van der Waals surface area contributed by atoms with Gasteiger partial charge in [0.05, 0.1) is 5.92 Å². The minimum atomic E-state index is -1.35. The SMILES string of the molecule is CCCCCCCCCCCC(C=O)c1ccc(C(=O)[O-])o1.[Na+]. The number of aldehydes is 1. The van der Waals surface area contributed by atoms with E-state index in [1.807, 2.05) is 0 Å². The average Bonchev–Trinajstić information content (AvgIpc) is 2.99. The van der Waals surface area contributed by atoms with Crippen molar-refractivity contribution in [1.29, 1.82) is 0 Å². The van der Waals surface area contributed by atoms with Gasteiger partial charge >= 0.3 is 29.6 Å². The molecule has 0 amide bonds. The Balaban J connectivity index is 0.00000484. The summed E-state index contributed by atoms with van der Waals surface area (Å²) in [4.78, 5) is 21.8. The Labute approximate surface area is 161 Å². The monoisotopic (exact) mass is 330 g/mol. The first-order valence-corrected chi connectivity index (χ1v) is 8.45. The molecule has 23 heavy (non-hydrogen) atoms. The van der Waals surface area contributed by atoms with Crippen LogP contribution in [0.15, 0.2) is 16.5 Å². The minimum Gasteiger partial charge on any atom is -0.542 e. The Morgan fingerprint density at radius 1 is 1.09 bits per heavy atom. The second-order valence-electron chi connectivity index (χ2n) is 5.85. The van der Waals surface area contributed by atoms with E-state index in [0.717, 1.165) is 19.1 Å². The molecule has 124 valence electrons. The maximum atomic E-state index is 11.1. The van der Waals surface area contributed by atoms with Crippen LogP contribution >= 0.6 is 0 Å². The van der Waals surface area contributed by atoms with Crippen molar-refractivity contribution in [2.45, 2.75) is 77.0 Å². The molecular formula is C18H27NaO4. The molecule has 0 N–H and O–H groups in total. The first-order chi connectivity index (χ1) is 10.7. The fourth-order valence-electron chi connectivity index (χ4n) is 2.61. The number of rotatable bonds is 13. The maximum Gasteiger partial charge on any atom is 1.00 e. The van der Waals surface area contributed by atoms with Gasteiger partial charge in [-0.1, -0.05) is 64.7 Å². The number of carboxylic acids is 1. The van der Waals surface area contributed by atoms with E-state index < -0.39 is 5.97 Å². The molecule has 5 heteroatoms. The van der Waals surface area contributed by atoms with Crippen molar-refractivity contribution in [3.63, 3.8) is 0 Å². The molecular weight excluding hydrogens is 303 g/mol. The summed E-state index contributed by atoms with van der Waals surface area (Å²) in [5.41, 5.74) is 0. The first kappa shape index (κ1) is 22.4. The van der Waals surface area contributed by atoms with E-state index in [2.05, 4.69) is 6.92 Å². The normalized spacial score (nSPS) is 11.7. The van der Waals surface area contributed by atoms with E-state index in [9.17, 15) is 14.7 Å². The minimum absolute atomic E-state index is 0. The molecule has 1 heterocycles. The van der Waals surface area contributed by atoms with Crippen LogP contribution in [0.5, 0.6) is 0 Å². The molecule has 0 bridgehead atoms. The third-order valence-corrected chi connectivity index (χ3v) is 3.98. The van der Waals surface area contributed by atoms with Crippen molar-refractivity contribution in [2.75, 3.05) is 0 Å². The van der Waals surface area contributed by atoms with Crippen LogP contribution in [0.1, 0.15) is 93.4 Å². The molecule has 1 atom stereocenters. The predicted molar refractivity (Wildman–Crippen MR) is 83.7 cm³/mol. The summed E-state index contributed by atoms with van der Waals surface area (Å²) in [5.74, 6) is -1.49. The zero-order chi connectivity index (χ0) is 16.2. The zero-order valence-electron chi connectivity index (χ0n) is 14.5. The summed E-state index contributed by atoms with van der Waals surface area (Å²) in [7, 11) is 0. The van der Waals surface area contributed by atoms with E-state index in [-0.39, 0.29) is 41.2 Å². The van der Waals surface area contributed by atoms with Crippen LogP contribution in [-0.2, 0) is 4.79 Å². The van der Waals surface area contributed by atoms with Gasteiger partial charge in [0.2, 0.25) is 0 Å². The van der Waals surface area contributed by atoms with Gasteiger partial charge in [-0.25, -0.2) is 0 Å². The van der Waals surface area contributed by atoms with Gasteiger partial charge in [-0.2, -0.15) is 0 Å². The molecule has 0 saturated carbocycles. The summed E-state index contributed by atoms with van der Waals surface area (Å²) in [5, 5.41) is 10.7. The van der Waals surface area contributed by atoms with Crippen molar-refractivity contribution in [3.8, 4) is 0 Å². The quantitative estimate of drug-likeness (QED) is 0.305. The number of hydrogen-bond acceptors (Lipinski definition) is 4. The van der Waals surface area contributed by atoms with E-state index in [0.29, 0.717) is 12.2 Å². The number of hydrogen-bond donors (Lipinski definition) is 0. The summed E-state index contributed by atoms with van der Waals surface area (Å²) < 4.78 is 5.14. The molecule has 4 nitrogen and oxygen atoms in total. The van der Waals surface area contributed by atoms with Gasteiger partial charge in [-0.05, 0) is 18.6 Å². The van der Waals surface area contributed by atoms with E-state index in [1.165, 1.54) is 51.0 Å². The van der Waals surface area contributed by atoms with Gasteiger partial charge < -0.3 is 19.1 Å². The summed E-state index contributed by atoms with van der Waals surface area (Å²) >= 11 is 0. The Morgan fingerprint density at radius 3 is 2.13 bits per heavy atom. The summed E-state index contributed by atoms with van der Waals surface area (Å²) in [6, 6.07) is 2.90. The molecule has 0 radical (unpaired) electrons. The number of carbonyl (C=O) groups excluding carboxylic acids is 2. The molecule has 0 aliphatic rings. The Bertz CT molecular complexity index is 442. The largest absolute Gasteiger partial charge is 1.00 e. The fourth-order valence-corrected chi connectivity index (χ4v) is 2.61. The summed E-state index contributed by atoms with van der Waals surface area (Å²) in [6.07, 6.45) is 12.6. The molecule has 0 aliphatic heterocycles. The van der Waals surface area contributed by atoms with Crippen LogP contribution in [0, 0.1) is 0 Å². The van der Waals surface area contributed by atoms with Crippen molar-refractivity contribution in [3.05, 3.63) is 23.7 Å². The Kier molecular flexibility index (Phi) is 13.5. The smallest absolute Gasteiger partial charge is 0.542 e. The average molecular weight is 330 g/mol. The molecule has 1 rings (SSSR count). The Morgan fingerprint density at radius 2 is 1.65 bits per heavy atom. The van der Waals surface area contributed by atoms with Gasteiger partial charge in [0.15, 0.2) is 0 Å². The van der Waals surface area contributed by atoms with Crippen molar-refractivity contribution < 1.29 is 48.7 Å². The fraction of sp³-hybridized carbons (Fsp3) is 0.667. The molecule has 0 aromatic carbocycles. The number of carboxylic acid groups (broad SMARTS) is 1. The van der Waals surface area contributed by atoms with Crippen LogP contribution in [0.3, 0.4) is 0 Å². The van der Waals surface area contributed by atoms with Gasteiger partial charge in [0, 0.05) is 0 Å². The van der Waals surface area contributed by atoms with E-state index in [1.54, 1.807) is 6.07 Å². The van der Waals surface area contributed by atoms with Crippen molar-refractivity contribution in [1.82, 2.24) is 0 Å². The third-order valence-electron chi connectivity index (χ3n) is 3.98. The van der Waals surface area contributed by atoms with Crippen LogP contribution in [-0.4, -0.2) is 12.3 Å². The molecule has 1 unspecified atom stereocenters. The van der Waals surface area contributed by atoms with Gasteiger partial charge in [0.1, 0.15) is 23.8 Å². The summed E-state index contributed by atoms with van der Waals surface area (Å²) in [6.45, 7) is 2.22. The number of unbranched alkanes of at least 4 members (excludes halogenated alkanes) is 8. The molecule has 1 aromatic heterocycles. The zero-order valence-corrected chi connectivity index (χ0v) is 16.5. The van der Waals surface area contributed by atoms with Crippen LogP contribution in [0.25, 0.3) is 0 Å². The van der Waals surface area contributed by atoms with Crippen LogP contribution in [0.4, 0.5) is 0 Å². The maximum absolute atomic E-state index is 11.1. The van der Waals surface area contributed by atoms with Gasteiger partial charge in [0.25, 0.3) is 0 Å². The van der Waals surface area contributed by atoms with Crippen LogP contribution in [0.2, 0.25) is 0 Å². The first-order valence-electron chi connectivity index (χ1n) is 8.45. The van der Waals surface area contributed by atoms with Gasteiger partial charge in [-0.15, -0.1) is 0 Å². The number of furan rings is 1.